The van der Waals surface area contributed by atoms with Crippen LogP contribution in [0.25, 0.3) is 11.0 Å². The first-order chi connectivity index (χ1) is 13.0. The van der Waals surface area contributed by atoms with Gasteiger partial charge in [-0.15, -0.1) is 0 Å². The summed E-state index contributed by atoms with van der Waals surface area (Å²) in [6, 6.07) is 16.0. The zero-order valence-electron chi connectivity index (χ0n) is 15.7. The average Bonchev–Trinajstić information content (AvgIpc) is 2.67. The molecule has 5 heteroatoms. The lowest BCUT2D eigenvalue weighted by Gasteiger charge is -2.18. The largest absolute Gasteiger partial charge is 0.481 e. The van der Waals surface area contributed by atoms with Crippen LogP contribution in [0, 0.1) is 0 Å². The molecule has 5 nitrogen and oxygen atoms in total. The summed E-state index contributed by atoms with van der Waals surface area (Å²) in [5.41, 5.74) is 1.91. The summed E-state index contributed by atoms with van der Waals surface area (Å²) < 4.78 is 10.9. The van der Waals surface area contributed by atoms with Gasteiger partial charge in [-0.2, -0.15) is 0 Å². The maximum atomic E-state index is 12.6. The normalized spacial score (nSPS) is 13.1. The van der Waals surface area contributed by atoms with Gasteiger partial charge in [0.05, 0.1) is 0 Å². The highest BCUT2D eigenvalue weighted by Gasteiger charge is 2.18. The quantitative estimate of drug-likeness (QED) is 0.642. The van der Waals surface area contributed by atoms with E-state index in [2.05, 4.69) is 19.2 Å². The van der Waals surface area contributed by atoms with Crippen LogP contribution in [0.4, 0.5) is 5.69 Å². The molecule has 27 heavy (non-hydrogen) atoms. The summed E-state index contributed by atoms with van der Waals surface area (Å²) in [5, 5.41) is 3.75. The molecule has 0 saturated carbocycles. The minimum atomic E-state index is -0.706. The Labute approximate surface area is 158 Å². The van der Waals surface area contributed by atoms with Gasteiger partial charge in [0, 0.05) is 23.2 Å². The zero-order valence-corrected chi connectivity index (χ0v) is 15.7. The first-order valence-electron chi connectivity index (χ1n) is 9.08. The summed E-state index contributed by atoms with van der Waals surface area (Å²) >= 11 is 0. The third-order valence-corrected chi connectivity index (χ3v) is 4.64. The highest BCUT2D eigenvalue weighted by Crippen LogP contribution is 2.27. The van der Waals surface area contributed by atoms with Crippen molar-refractivity contribution in [1.29, 1.82) is 0 Å². The smallest absolute Gasteiger partial charge is 0.336 e. The molecule has 3 rings (SSSR count). The Morgan fingerprint density at radius 2 is 1.85 bits per heavy atom. The van der Waals surface area contributed by atoms with Crippen LogP contribution in [0.15, 0.2) is 63.8 Å². The van der Waals surface area contributed by atoms with Crippen molar-refractivity contribution in [1.82, 2.24) is 0 Å². The Balaban J connectivity index is 1.74. The summed E-state index contributed by atoms with van der Waals surface area (Å²) in [4.78, 5) is 24.0. The lowest BCUT2D eigenvalue weighted by atomic mass is 9.97. The summed E-state index contributed by atoms with van der Waals surface area (Å²) in [6.07, 6.45) is 0.282. The van der Waals surface area contributed by atoms with E-state index in [4.69, 9.17) is 9.15 Å². The standard InChI is InChI=1S/C22H23NO4/c1-4-14(2)18-7-5-6-8-19(18)23-22(25)15(3)26-17-11-9-16-10-12-21(24)27-20(16)13-17/h5-15H,4H2,1-3H3,(H,23,25)/t14-,15+/m0/s1. The fraction of sp³-hybridized carbons (Fsp3) is 0.273. The van der Waals surface area contributed by atoms with Crippen LogP contribution in [-0.2, 0) is 4.79 Å². The fourth-order valence-corrected chi connectivity index (χ4v) is 2.87. The molecule has 0 bridgehead atoms. The molecule has 1 amide bonds. The van der Waals surface area contributed by atoms with Crippen molar-refractivity contribution in [3.05, 3.63) is 70.6 Å². The second-order valence-corrected chi connectivity index (χ2v) is 6.60. The lowest BCUT2D eigenvalue weighted by Crippen LogP contribution is -2.30. The van der Waals surface area contributed by atoms with Crippen molar-refractivity contribution < 1.29 is 13.9 Å². The number of carbonyl (C=O) groups excluding carboxylic acids is 1. The highest BCUT2D eigenvalue weighted by atomic mass is 16.5. The molecule has 2 atom stereocenters. The Morgan fingerprint density at radius 1 is 1.11 bits per heavy atom. The van der Waals surface area contributed by atoms with Gasteiger partial charge in [-0.25, -0.2) is 4.79 Å². The van der Waals surface area contributed by atoms with E-state index in [1.165, 1.54) is 6.07 Å². The fourth-order valence-electron chi connectivity index (χ4n) is 2.87. The van der Waals surface area contributed by atoms with Gasteiger partial charge < -0.3 is 14.5 Å². The molecule has 0 aliphatic rings. The molecule has 0 saturated heterocycles. The first-order valence-corrected chi connectivity index (χ1v) is 9.08. The molecule has 0 aliphatic carbocycles. The summed E-state index contributed by atoms with van der Waals surface area (Å²) in [7, 11) is 0. The van der Waals surface area contributed by atoms with E-state index in [0.29, 0.717) is 17.3 Å². The van der Waals surface area contributed by atoms with Gasteiger partial charge in [-0.3, -0.25) is 4.79 Å². The van der Waals surface area contributed by atoms with Crippen molar-refractivity contribution in [3.8, 4) is 5.75 Å². The number of ether oxygens (including phenoxy) is 1. The lowest BCUT2D eigenvalue weighted by molar-refractivity contribution is -0.122. The van der Waals surface area contributed by atoms with Gasteiger partial charge in [0.2, 0.25) is 0 Å². The van der Waals surface area contributed by atoms with Gasteiger partial charge in [-0.1, -0.05) is 32.0 Å². The van der Waals surface area contributed by atoms with E-state index in [1.807, 2.05) is 24.3 Å². The Hall–Kier alpha value is -3.08. The minimum Gasteiger partial charge on any atom is -0.481 e. The average molecular weight is 365 g/mol. The molecule has 0 unspecified atom stereocenters. The topological polar surface area (TPSA) is 68.5 Å². The van der Waals surface area contributed by atoms with Crippen LogP contribution in [0.3, 0.4) is 0 Å². The molecule has 0 radical (unpaired) electrons. The van der Waals surface area contributed by atoms with Crippen LogP contribution >= 0.6 is 0 Å². The number of amides is 1. The third kappa shape index (κ3) is 4.37. The molecule has 0 spiro atoms. The van der Waals surface area contributed by atoms with Crippen molar-refractivity contribution in [3.63, 3.8) is 0 Å². The molecule has 140 valence electrons. The number of para-hydroxylation sites is 1. The van der Waals surface area contributed by atoms with E-state index < -0.39 is 11.7 Å². The maximum absolute atomic E-state index is 12.6. The number of nitrogens with one attached hydrogen (secondary N) is 1. The van der Waals surface area contributed by atoms with E-state index in [9.17, 15) is 9.59 Å². The van der Waals surface area contributed by atoms with Crippen LogP contribution < -0.4 is 15.7 Å². The predicted octanol–water partition coefficient (Wildman–Crippen LogP) is 4.71. The van der Waals surface area contributed by atoms with E-state index in [1.54, 1.807) is 31.2 Å². The number of fused-ring (bicyclic) bond motifs is 1. The molecular formula is C22H23NO4. The molecule has 1 N–H and O–H groups in total. The number of anilines is 1. The third-order valence-electron chi connectivity index (χ3n) is 4.64. The van der Waals surface area contributed by atoms with Crippen LogP contribution in [0.2, 0.25) is 0 Å². The number of rotatable bonds is 6. The molecule has 1 aromatic heterocycles. The van der Waals surface area contributed by atoms with Gasteiger partial charge in [-0.05, 0) is 49.1 Å². The van der Waals surface area contributed by atoms with E-state index in [0.717, 1.165) is 23.1 Å². The second kappa shape index (κ2) is 8.08. The van der Waals surface area contributed by atoms with Crippen molar-refractivity contribution >= 4 is 22.6 Å². The number of benzene rings is 2. The van der Waals surface area contributed by atoms with Gasteiger partial charge in [0.15, 0.2) is 6.10 Å². The van der Waals surface area contributed by atoms with Crippen molar-refractivity contribution in [2.24, 2.45) is 0 Å². The second-order valence-electron chi connectivity index (χ2n) is 6.60. The zero-order chi connectivity index (χ0) is 19.4. The SMILES string of the molecule is CC[C@H](C)c1ccccc1NC(=O)[C@@H](C)Oc1ccc2ccc(=O)oc2c1. The number of hydrogen-bond acceptors (Lipinski definition) is 4. The Morgan fingerprint density at radius 3 is 2.63 bits per heavy atom. The molecule has 3 aromatic rings. The minimum absolute atomic E-state index is 0.236. The van der Waals surface area contributed by atoms with Gasteiger partial charge >= 0.3 is 5.63 Å². The van der Waals surface area contributed by atoms with Crippen LogP contribution in [-0.4, -0.2) is 12.0 Å². The molecule has 1 heterocycles. The Bertz CT molecular complexity index is 1010. The van der Waals surface area contributed by atoms with Gasteiger partial charge in [0.25, 0.3) is 5.91 Å². The number of carbonyl (C=O) groups is 1. The van der Waals surface area contributed by atoms with Crippen LogP contribution in [0.1, 0.15) is 38.7 Å². The highest BCUT2D eigenvalue weighted by molar-refractivity contribution is 5.95. The monoisotopic (exact) mass is 365 g/mol. The Kier molecular flexibility index (Phi) is 5.60. The summed E-state index contributed by atoms with van der Waals surface area (Å²) in [5.74, 6) is 0.580. The molecular weight excluding hydrogens is 342 g/mol. The number of hydrogen-bond donors (Lipinski definition) is 1. The molecule has 2 aromatic carbocycles. The molecule has 0 fully saturated rings. The van der Waals surface area contributed by atoms with Crippen LogP contribution in [0.5, 0.6) is 5.75 Å². The summed E-state index contributed by atoms with van der Waals surface area (Å²) in [6.45, 7) is 5.94. The molecule has 0 aliphatic heterocycles. The van der Waals surface area contributed by atoms with Crippen molar-refractivity contribution in [2.75, 3.05) is 5.32 Å². The predicted molar refractivity (Wildman–Crippen MR) is 106 cm³/mol. The maximum Gasteiger partial charge on any atom is 0.336 e. The van der Waals surface area contributed by atoms with E-state index >= 15 is 0 Å². The van der Waals surface area contributed by atoms with E-state index in [-0.39, 0.29) is 5.91 Å². The van der Waals surface area contributed by atoms with Crippen molar-refractivity contribution in [2.45, 2.75) is 39.2 Å². The first kappa shape index (κ1) is 18.7. The van der Waals surface area contributed by atoms with Gasteiger partial charge in [0.1, 0.15) is 11.3 Å².